The molecule has 0 fully saturated rings. The summed E-state index contributed by atoms with van der Waals surface area (Å²) >= 11 is 1.78. The van der Waals surface area contributed by atoms with Crippen molar-refractivity contribution in [2.75, 3.05) is 0 Å². The van der Waals surface area contributed by atoms with Gasteiger partial charge in [0, 0.05) is 58.6 Å². The van der Waals surface area contributed by atoms with Gasteiger partial charge in [-0.1, -0.05) is 158 Å². The SMILES string of the molecule is c1ccc(-c2nc(-c3ccc(-c4ccc(-c5nc6c7ccccc7oc6c6ccccc56)c5ccccc45)cc3)nc(-c3cccc4c3sc3ccccc34)n2)cc1. The summed E-state index contributed by atoms with van der Waals surface area (Å²) in [6.45, 7) is 0. The minimum atomic E-state index is 0.633. The second-order valence-electron chi connectivity index (χ2n) is 14.5. The standard InChI is InChI=1S/C52H30N4OS/c1-2-13-32(14-3-1)50-54-51(56-52(55-50)43-22-12-21-41-37-17-9-11-24-45(37)58-49(41)43)33-27-25-31(26-28-33)34-29-30-39(36-16-5-4-15-35(34)36)46-38-18-6-7-19-40(38)48-47(53-46)42-20-8-10-23-44(42)57-48/h1-30H. The van der Waals surface area contributed by atoms with Gasteiger partial charge in [0.15, 0.2) is 23.1 Å². The monoisotopic (exact) mass is 758 g/mol. The Labute approximate surface area is 336 Å². The van der Waals surface area contributed by atoms with Crippen molar-refractivity contribution in [1.29, 1.82) is 0 Å². The summed E-state index contributed by atoms with van der Waals surface area (Å²) < 4.78 is 8.79. The molecular weight excluding hydrogens is 729 g/mol. The number of para-hydroxylation sites is 1. The van der Waals surface area contributed by atoms with E-state index in [-0.39, 0.29) is 0 Å². The summed E-state index contributed by atoms with van der Waals surface area (Å²) in [6.07, 6.45) is 0. The molecule has 0 unspecified atom stereocenters. The summed E-state index contributed by atoms with van der Waals surface area (Å²) in [7, 11) is 0. The number of furan rings is 1. The van der Waals surface area contributed by atoms with Gasteiger partial charge in [0.25, 0.3) is 0 Å². The smallest absolute Gasteiger partial charge is 0.165 e. The molecule has 0 aliphatic rings. The van der Waals surface area contributed by atoms with Crippen LogP contribution in [0.25, 0.3) is 120 Å². The third kappa shape index (κ3) is 5.16. The highest BCUT2D eigenvalue weighted by Gasteiger charge is 2.20. The predicted octanol–water partition coefficient (Wildman–Crippen LogP) is 14.2. The van der Waals surface area contributed by atoms with Crippen LogP contribution in [0.2, 0.25) is 0 Å². The quantitative estimate of drug-likeness (QED) is 0.175. The molecule has 0 saturated carbocycles. The molecule has 4 aromatic heterocycles. The zero-order valence-corrected chi connectivity index (χ0v) is 31.7. The molecule has 0 spiro atoms. The van der Waals surface area contributed by atoms with Crippen LogP contribution in [0.3, 0.4) is 0 Å². The first-order chi connectivity index (χ1) is 28.7. The van der Waals surface area contributed by atoms with Crippen molar-refractivity contribution in [2.24, 2.45) is 0 Å². The van der Waals surface area contributed by atoms with Crippen LogP contribution in [0.5, 0.6) is 0 Å². The Balaban J connectivity index is 0.983. The number of aromatic nitrogens is 4. The van der Waals surface area contributed by atoms with Crippen molar-refractivity contribution < 1.29 is 4.42 Å². The molecule has 8 aromatic carbocycles. The van der Waals surface area contributed by atoms with Gasteiger partial charge in [-0.2, -0.15) is 0 Å². The third-order valence-corrected chi connectivity index (χ3v) is 12.4. The van der Waals surface area contributed by atoms with Gasteiger partial charge >= 0.3 is 0 Å². The van der Waals surface area contributed by atoms with Crippen molar-refractivity contribution in [3.8, 4) is 56.5 Å². The van der Waals surface area contributed by atoms with Gasteiger partial charge in [0.1, 0.15) is 11.1 Å². The van der Waals surface area contributed by atoms with Crippen molar-refractivity contribution in [3.05, 3.63) is 182 Å². The van der Waals surface area contributed by atoms with Gasteiger partial charge in [-0.3, -0.25) is 0 Å². The Morgan fingerprint density at radius 1 is 0.345 bits per heavy atom. The van der Waals surface area contributed by atoms with E-state index in [1.165, 1.54) is 20.2 Å². The topological polar surface area (TPSA) is 64.7 Å². The van der Waals surface area contributed by atoms with Crippen molar-refractivity contribution >= 4 is 75.1 Å². The number of fused-ring (bicyclic) bond motifs is 9. The zero-order chi connectivity index (χ0) is 38.2. The average Bonchev–Trinajstić information content (AvgIpc) is 3.87. The second-order valence-corrected chi connectivity index (χ2v) is 15.6. The van der Waals surface area contributed by atoms with E-state index in [4.69, 9.17) is 24.4 Å². The largest absolute Gasteiger partial charge is 0.454 e. The maximum absolute atomic E-state index is 6.37. The molecule has 0 amide bonds. The Morgan fingerprint density at radius 3 is 1.71 bits per heavy atom. The van der Waals surface area contributed by atoms with E-state index in [0.717, 1.165) is 82.7 Å². The van der Waals surface area contributed by atoms with Crippen LogP contribution in [-0.4, -0.2) is 19.9 Å². The molecule has 5 nitrogen and oxygen atoms in total. The highest BCUT2D eigenvalue weighted by Crippen LogP contribution is 2.43. The maximum atomic E-state index is 6.37. The number of nitrogens with zero attached hydrogens (tertiary/aromatic N) is 4. The average molecular weight is 759 g/mol. The first-order valence-corrected chi connectivity index (χ1v) is 20.1. The molecule has 0 N–H and O–H groups in total. The zero-order valence-electron chi connectivity index (χ0n) is 30.9. The lowest BCUT2D eigenvalue weighted by Crippen LogP contribution is -2.00. The van der Waals surface area contributed by atoms with E-state index in [0.29, 0.717) is 17.5 Å². The van der Waals surface area contributed by atoms with Gasteiger partial charge in [-0.25, -0.2) is 19.9 Å². The van der Waals surface area contributed by atoms with E-state index in [1.54, 1.807) is 11.3 Å². The first kappa shape index (κ1) is 32.7. The predicted molar refractivity (Wildman–Crippen MR) is 240 cm³/mol. The molecule has 0 atom stereocenters. The summed E-state index contributed by atoms with van der Waals surface area (Å²) in [5, 5.41) is 7.88. The Kier molecular flexibility index (Phi) is 7.33. The summed E-state index contributed by atoms with van der Waals surface area (Å²) in [4.78, 5) is 20.6. The lowest BCUT2D eigenvalue weighted by molar-refractivity contribution is 0.672. The second kappa shape index (κ2) is 13.0. The lowest BCUT2D eigenvalue weighted by atomic mass is 9.92. The minimum absolute atomic E-state index is 0.633. The molecule has 0 aliphatic carbocycles. The molecule has 0 aliphatic heterocycles. The van der Waals surface area contributed by atoms with Crippen molar-refractivity contribution in [3.63, 3.8) is 0 Å². The van der Waals surface area contributed by atoms with Crippen LogP contribution in [0.1, 0.15) is 0 Å². The van der Waals surface area contributed by atoms with Crippen molar-refractivity contribution in [2.45, 2.75) is 0 Å². The Bertz CT molecular complexity index is 3570. The van der Waals surface area contributed by atoms with E-state index >= 15 is 0 Å². The molecule has 0 bridgehead atoms. The van der Waals surface area contributed by atoms with E-state index < -0.39 is 0 Å². The highest BCUT2D eigenvalue weighted by molar-refractivity contribution is 7.26. The van der Waals surface area contributed by atoms with E-state index in [2.05, 4.69) is 146 Å². The number of pyridine rings is 1. The van der Waals surface area contributed by atoms with Crippen LogP contribution in [0.15, 0.2) is 186 Å². The summed E-state index contributed by atoms with van der Waals surface area (Å²) in [5.74, 6) is 1.94. The first-order valence-electron chi connectivity index (χ1n) is 19.3. The number of benzene rings is 8. The number of rotatable bonds is 5. The minimum Gasteiger partial charge on any atom is -0.454 e. The molecular formula is C52H30N4OS. The van der Waals surface area contributed by atoms with Crippen LogP contribution < -0.4 is 0 Å². The number of thiophene rings is 1. The fraction of sp³-hybridized carbons (Fsp3) is 0. The molecule has 58 heavy (non-hydrogen) atoms. The fourth-order valence-electron chi connectivity index (χ4n) is 8.41. The summed E-state index contributed by atoms with van der Waals surface area (Å²) in [6, 6.07) is 63.3. The van der Waals surface area contributed by atoms with Crippen LogP contribution in [0.4, 0.5) is 0 Å². The molecule has 0 saturated heterocycles. The summed E-state index contributed by atoms with van der Waals surface area (Å²) in [5.41, 5.74) is 9.69. The van der Waals surface area contributed by atoms with E-state index in [1.807, 2.05) is 36.4 Å². The van der Waals surface area contributed by atoms with Gasteiger partial charge in [-0.15, -0.1) is 11.3 Å². The van der Waals surface area contributed by atoms with Crippen LogP contribution >= 0.6 is 11.3 Å². The van der Waals surface area contributed by atoms with Crippen molar-refractivity contribution in [1.82, 2.24) is 19.9 Å². The lowest BCUT2D eigenvalue weighted by Gasteiger charge is -2.14. The molecule has 12 rings (SSSR count). The maximum Gasteiger partial charge on any atom is 0.165 e. The Hall–Kier alpha value is -7.54. The van der Waals surface area contributed by atoms with Gasteiger partial charge in [0.2, 0.25) is 0 Å². The molecule has 0 radical (unpaired) electrons. The van der Waals surface area contributed by atoms with Gasteiger partial charge in [-0.05, 0) is 46.2 Å². The third-order valence-electron chi connectivity index (χ3n) is 11.2. The van der Waals surface area contributed by atoms with Gasteiger partial charge in [0.05, 0.1) is 5.69 Å². The molecule has 6 heteroatoms. The van der Waals surface area contributed by atoms with Crippen LogP contribution in [-0.2, 0) is 0 Å². The number of hydrogen-bond acceptors (Lipinski definition) is 6. The highest BCUT2D eigenvalue weighted by atomic mass is 32.1. The fourth-order valence-corrected chi connectivity index (χ4v) is 9.62. The molecule has 12 aromatic rings. The normalized spacial score (nSPS) is 11.8. The van der Waals surface area contributed by atoms with E-state index in [9.17, 15) is 0 Å². The van der Waals surface area contributed by atoms with Gasteiger partial charge < -0.3 is 4.42 Å². The number of hydrogen-bond donors (Lipinski definition) is 0. The Morgan fingerprint density at radius 2 is 0.914 bits per heavy atom. The molecule has 4 heterocycles. The molecule has 270 valence electrons. The van der Waals surface area contributed by atoms with Crippen LogP contribution in [0, 0.1) is 0 Å².